The Hall–Kier alpha value is -1.19. The second-order valence-corrected chi connectivity index (χ2v) is 4.24. The minimum absolute atomic E-state index is 0.408. The van der Waals surface area contributed by atoms with Gasteiger partial charge in [-0.15, -0.1) is 0 Å². The third kappa shape index (κ3) is 4.29. The van der Waals surface area contributed by atoms with Gasteiger partial charge in [-0.05, 0) is 6.42 Å². The summed E-state index contributed by atoms with van der Waals surface area (Å²) in [5, 5.41) is 19.4. The van der Waals surface area contributed by atoms with E-state index in [9.17, 15) is 15.0 Å². The van der Waals surface area contributed by atoms with Crippen LogP contribution in [0.15, 0.2) is 30.3 Å². The smallest absolute Gasteiger partial charge is 0.193 e. The quantitative estimate of drug-likeness (QED) is 0.563. The van der Waals surface area contributed by atoms with E-state index in [0.717, 1.165) is 19.3 Å². The molecule has 0 unspecified atom stereocenters. The summed E-state index contributed by atoms with van der Waals surface area (Å²) in [6.07, 6.45) is 1.08. The number of carbonyl (C=O) groups excluding carboxylic acids is 1. The molecule has 0 fully saturated rings. The van der Waals surface area contributed by atoms with Crippen LogP contribution in [0.25, 0.3) is 0 Å². The zero-order valence-electron chi connectivity index (χ0n) is 10.2. The van der Waals surface area contributed by atoms with Gasteiger partial charge in [0.25, 0.3) is 0 Å². The normalized spacial score (nSPS) is 14.3. The topological polar surface area (TPSA) is 57.5 Å². The lowest BCUT2D eigenvalue weighted by Gasteiger charge is -2.16. The van der Waals surface area contributed by atoms with E-state index in [1.54, 1.807) is 30.3 Å². The van der Waals surface area contributed by atoms with Crippen LogP contribution in [0, 0.1) is 0 Å². The van der Waals surface area contributed by atoms with Gasteiger partial charge in [0.15, 0.2) is 5.78 Å². The second kappa shape index (κ2) is 7.20. The first-order valence-electron chi connectivity index (χ1n) is 6.12. The number of unbranched alkanes of at least 4 members (excludes halogenated alkanes) is 2. The highest BCUT2D eigenvalue weighted by Gasteiger charge is 2.24. The number of carbonyl (C=O) groups is 1. The van der Waals surface area contributed by atoms with E-state index in [0.29, 0.717) is 12.0 Å². The van der Waals surface area contributed by atoms with Crippen molar-refractivity contribution in [3.63, 3.8) is 0 Å². The van der Waals surface area contributed by atoms with Gasteiger partial charge >= 0.3 is 0 Å². The molecule has 0 amide bonds. The number of hydrogen-bond donors (Lipinski definition) is 2. The maximum absolute atomic E-state index is 11.8. The van der Waals surface area contributed by atoms with Crippen molar-refractivity contribution in [1.82, 2.24) is 0 Å². The van der Waals surface area contributed by atoms with E-state index >= 15 is 0 Å². The molecule has 0 bridgehead atoms. The summed E-state index contributed by atoms with van der Waals surface area (Å²) in [4.78, 5) is 11.8. The summed E-state index contributed by atoms with van der Waals surface area (Å²) < 4.78 is 0. The Kier molecular flexibility index (Phi) is 5.87. The maximum Gasteiger partial charge on any atom is 0.193 e. The molecule has 94 valence electrons. The molecule has 0 aromatic heterocycles. The Morgan fingerprint density at radius 1 is 1.18 bits per heavy atom. The summed E-state index contributed by atoms with van der Waals surface area (Å²) in [5.41, 5.74) is 0.439. The summed E-state index contributed by atoms with van der Waals surface area (Å²) in [6.45, 7) is 2.07. The van der Waals surface area contributed by atoms with Crippen molar-refractivity contribution in [1.29, 1.82) is 0 Å². The van der Waals surface area contributed by atoms with Gasteiger partial charge in [0.05, 0.1) is 6.10 Å². The fraction of sp³-hybridized carbons (Fsp3) is 0.500. The van der Waals surface area contributed by atoms with Crippen molar-refractivity contribution in [2.45, 2.75) is 44.8 Å². The van der Waals surface area contributed by atoms with E-state index in [-0.39, 0.29) is 0 Å². The zero-order chi connectivity index (χ0) is 12.7. The lowest BCUT2D eigenvalue weighted by molar-refractivity contribution is 0.0168. The third-order valence-electron chi connectivity index (χ3n) is 2.79. The molecule has 0 aliphatic carbocycles. The van der Waals surface area contributed by atoms with E-state index in [2.05, 4.69) is 6.92 Å². The lowest BCUT2D eigenvalue weighted by Crippen LogP contribution is -2.33. The summed E-state index contributed by atoms with van der Waals surface area (Å²) in [5.74, 6) is -0.408. The number of benzene rings is 1. The number of rotatable bonds is 7. The Labute approximate surface area is 102 Å². The highest BCUT2D eigenvalue weighted by molar-refractivity contribution is 5.99. The van der Waals surface area contributed by atoms with Gasteiger partial charge in [-0.2, -0.15) is 0 Å². The summed E-state index contributed by atoms with van der Waals surface area (Å²) in [7, 11) is 0. The predicted molar refractivity (Wildman–Crippen MR) is 66.9 cm³/mol. The van der Waals surface area contributed by atoms with Crippen molar-refractivity contribution >= 4 is 5.78 Å². The van der Waals surface area contributed by atoms with Gasteiger partial charge in [-0.1, -0.05) is 56.5 Å². The average Bonchev–Trinajstić information content (AvgIpc) is 2.38. The van der Waals surface area contributed by atoms with Crippen LogP contribution >= 0.6 is 0 Å². The third-order valence-corrected chi connectivity index (χ3v) is 2.79. The molecule has 0 heterocycles. The van der Waals surface area contributed by atoms with Gasteiger partial charge < -0.3 is 10.2 Å². The molecule has 1 aromatic carbocycles. The predicted octanol–water partition coefficient (Wildman–Crippen LogP) is 2.17. The first-order valence-corrected chi connectivity index (χ1v) is 6.12. The molecular weight excluding hydrogens is 216 g/mol. The number of ketones is 1. The Balaban J connectivity index is 2.51. The molecule has 1 rings (SSSR count). The van der Waals surface area contributed by atoms with Crippen molar-refractivity contribution in [2.24, 2.45) is 0 Å². The minimum atomic E-state index is -1.31. The highest BCUT2D eigenvalue weighted by Crippen LogP contribution is 2.11. The first kappa shape index (κ1) is 13.9. The Morgan fingerprint density at radius 3 is 2.41 bits per heavy atom. The standard InChI is InChI=1S/C14H20O3/c1-2-3-5-10-12(15)14(17)13(16)11-8-6-4-7-9-11/h4,6-9,12,14-15,17H,2-3,5,10H2,1H3/t12-,14+/m0/s1. The van der Waals surface area contributed by atoms with Gasteiger partial charge in [-0.3, -0.25) is 4.79 Å². The van der Waals surface area contributed by atoms with E-state index in [1.807, 2.05) is 0 Å². The molecule has 0 aliphatic rings. The van der Waals surface area contributed by atoms with Crippen molar-refractivity contribution in [3.05, 3.63) is 35.9 Å². The monoisotopic (exact) mass is 236 g/mol. The molecule has 0 saturated heterocycles. The lowest BCUT2D eigenvalue weighted by atomic mass is 9.98. The summed E-state index contributed by atoms with van der Waals surface area (Å²) >= 11 is 0. The molecule has 2 atom stereocenters. The molecule has 0 saturated carbocycles. The molecule has 3 nitrogen and oxygen atoms in total. The van der Waals surface area contributed by atoms with Crippen LogP contribution in [0.5, 0.6) is 0 Å². The fourth-order valence-electron chi connectivity index (χ4n) is 1.71. The second-order valence-electron chi connectivity index (χ2n) is 4.24. The van der Waals surface area contributed by atoms with Gasteiger partial charge in [0.1, 0.15) is 6.10 Å². The number of aliphatic hydroxyl groups is 2. The molecule has 17 heavy (non-hydrogen) atoms. The van der Waals surface area contributed by atoms with Gasteiger partial charge in [0.2, 0.25) is 0 Å². The molecular formula is C14H20O3. The fourth-order valence-corrected chi connectivity index (χ4v) is 1.71. The van der Waals surface area contributed by atoms with Crippen LogP contribution < -0.4 is 0 Å². The maximum atomic E-state index is 11.8. The number of hydrogen-bond acceptors (Lipinski definition) is 3. The Morgan fingerprint density at radius 2 is 1.82 bits per heavy atom. The molecule has 2 N–H and O–H groups in total. The number of aliphatic hydroxyl groups excluding tert-OH is 2. The van der Waals surface area contributed by atoms with Crippen LogP contribution in [-0.4, -0.2) is 28.2 Å². The first-order chi connectivity index (χ1) is 8.16. The molecule has 3 heteroatoms. The largest absolute Gasteiger partial charge is 0.390 e. The van der Waals surface area contributed by atoms with E-state index in [4.69, 9.17) is 0 Å². The highest BCUT2D eigenvalue weighted by atomic mass is 16.3. The Bertz CT molecular complexity index is 335. The SMILES string of the molecule is CCCCC[C@H](O)[C@@H](O)C(=O)c1ccccc1. The van der Waals surface area contributed by atoms with Crippen LogP contribution in [-0.2, 0) is 0 Å². The molecule has 0 aliphatic heterocycles. The van der Waals surface area contributed by atoms with Crippen LogP contribution in [0.2, 0.25) is 0 Å². The minimum Gasteiger partial charge on any atom is -0.390 e. The summed E-state index contributed by atoms with van der Waals surface area (Å²) in [6, 6.07) is 8.57. The van der Waals surface area contributed by atoms with E-state index < -0.39 is 18.0 Å². The van der Waals surface area contributed by atoms with Gasteiger partial charge in [0, 0.05) is 5.56 Å². The molecule has 0 radical (unpaired) electrons. The molecule has 0 spiro atoms. The van der Waals surface area contributed by atoms with Crippen molar-refractivity contribution < 1.29 is 15.0 Å². The van der Waals surface area contributed by atoms with Crippen LogP contribution in [0.4, 0.5) is 0 Å². The number of Topliss-reactive ketones (excluding diaryl/α,β-unsaturated/α-hetero) is 1. The average molecular weight is 236 g/mol. The van der Waals surface area contributed by atoms with Crippen molar-refractivity contribution in [2.75, 3.05) is 0 Å². The van der Waals surface area contributed by atoms with Crippen LogP contribution in [0.1, 0.15) is 43.0 Å². The zero-order valence-corrected chi connectivity index (χ0v) is 10.2. The van der Waals surface area contributed by atoms with Crippen LogP contribution in [0.3, 0.4) is 0 Å². The van der Waals surface area contributed by atoms with Crippen molar-refractivity contribution in [3.8, 4) is 0 Å². The van der Waals surface area contributed by atoms with Gasteiger partial charge in [-0.25, -0.2) is 0 Å². The van der Waals surface area contributed by atoms with E-state index in [1.165, 1.54) is 0 Å². The molecule has 1 aromatic rings.